The van der Waals surface area contributed by atoms with Crippen molar-refractivity contribution in [1.82, 2.24) is 4.98 Å². The highest BCUT2D eigenvalue weighted by atomic mass is 32.1. The van der Waals surface area contributed by atoms with E-state index in [4.69, 9.17) is 4.74 Å². The topological polar surface area (TPSA) is 54.5 Å². The summed E-state index contributed by atoms with van der Waals surface area (Å²) in [6, 6.07) is 7.59. The van der Waals surface area contributed by atoms with Crippen LogP contribution in [-0.2, 0) is 11.3 Å². The first-order valence-electron chi connectivity index (χ1n) is 6.48. The second-order valence-electron chi connectivity index (χ2n) is 4.40. The number of carbonyl (C=O) groups is 1. The molecule has 2 aromatic rings. The summed E-state index contributed by atoms with van der Waals surface area (Å²) >= 11 is 1.57. The standard InChI is InChI=1S/C14H15N3O2S/c1-2-15-14-16-7-10(20-14)8-17-11-5-3-4-6-12(11)19-9-13(17)18/h3-7H,2,8-9H2,1H3,(H,15,16). The number of benzene rings is 1. The van der Waals surface area contributed by atoms with E-state index in [2.05, 4.69) is 10.3 Å². The van der Waals surface area contributed by atoms with E-state index < -0.39 is 0 Å². The zero-order valence-electron chi connectivity index (χ0n) is 11.1. The number of hydrogen-bond donors (Lipinski definition) is 1. The highest BCUT2D eigenvalue weighted by Crippen LogP contribution is 2.33. The van der Waals surface area contributed by atoms with Gasteiger partial charge in [0.05, 0.1) is 12.2 Å². The Kier molecular flexibility index (Phi) is 3.56. The molecule has 0 fully saturated rings. The van der Waals surface area contributed by atoms with E-state index in [9.17, 15) is 4.79 Å². The van der Waals surface area contributed by atoms with E-state index in [0.717, 1.165) is 28.0 Å². The largest absolute Gasteiger partial charge is 0.482 e. The van der Waals surface area contributed by atoms with Crippen molar-refractivity contribution in [3.63, 3.8) is 0 Å². The Morgan fingerprint density at radius 1 is 1.45 bits per heavy atom. The van der Waals surface area contributed by atoms with Gasteiger partial charge in [-0.15, -0.1) is 11.3 Å². The van der Waals surface area contributed by atoms with Gasteiger partial charge >= 0.3 is 0 Å². The van der Waals surface area contributed by atoms with Crippen LogP contribution in [0.1, 0.15) is 11.8 Å². The molecule has 5 nitrogen and oxygen atoms in total. The van der Waals surface area contributed by atoms with Gasteiger partial charge in [-0.1, -0.05) is 12.1 Å². The molecule has 0 aliphatic carbocycles. The second kappa shape index (κ2) is 5.50. The fourth-order valence-corrected chi connectivity index (χ4v) is 2.97. The van der Waals surface area contributed by atoms with Crippen molar-refractivity contribution < 1.29 is 9.53 Å². The molecule has 104 valence electrons. The molecule has 1 N–H and O–H groups in total. The van der Waals surface area contributed by atoms with Crippen LogP contribution in [-0.4, -0.2) is 24.0 Å². The van der Waals surface area contributed by atoms with Gasteiger partial charge in [0.1, 0.15) is 5.75 Å². The Bertz CT molecular complexity index is 626. The number of ether oxygens (including phenoxy) is 1. The molecular formula is C14H15N3O2S. The first kappa shape index (κ1) is 12.9. The third kappa shape index (κ3) is 2.46. The number of carbonyl (C=O) groups excluding carboxylic acids is 1. The Labute approximate surface area is 121 Å². The predicted octanol–water partition coefficient (Wildman–Crippen LogP) is 2.50. The lowest BCUT2D eigenvalue weighted by Crippen LogP contribution is -2.38. The van der Waals surface area contributed by atoms with Gasteiger partial charge in [-0.05, 0) is 19.1 Å². The molecule has 0 spiro atoms. The van der Waals surface area contributed by atoms with Gasteiger partial charge < -0.3 is 15.0 Å². The van der Waals surface area contributed by atoms with E-state index >= 15 is 0 Å². The molecule has 0 bridgehead atoms. The predicted molar refractivity (Wildman–Crippen MR) is 79.4 cm³/mol. The average Bonchev–Trinajstić information content (AvgIpc) is 2.90. The number of fused-ring (bicyclic) bond motifs is 1. The molecule has 0 atom stereocenters. The summed E-state index contributed by atoms with van der Waals surface area (Å²) in [4.78, 5) is 19.2. The van der Waals surface area contributed by atoms with Crippen LogP contribution in [0.3, 0.4) is 0 Å². The lowest BCUT2D eigenvalue weighted by molar-refractivity contribution is -0.121. The fourth-order valence-electron chi connectivity index (χ4n) is 2.10. The van der Waals surface area contributed by atoms with Crippen LogP contribution in [0.5, 0.6) is 5.75 Å². The summed E-state index contributed by atoms with van der Waals surface area (Å²) in [5.41, 5.74) is 0.821. The Morgan fingerprint density at radius 2 is 2.30 bits per heavy atom. The lowest BCUT2D eigenvalue weighted by Gasteiger charge is -2.28. The van der Waals surface area contributed by atoms with Crippen molar-refractivity contribution in [2.24, 2.45) is 0 Å². The summed E-state index contributed by atoms with van der Waals surface area (Å²) in [5.74, 6) is 0.727. The number of amides is 1. The second-order valence-corrected chi connectivity index (χ2v) is 5.51. The molecule has 1 aromatic heterocycles. The van der Waals surface area contributed by atoms with Crippen LogP contribution in [0.25, 0.3) is 0 Å². The van der Waals surface area contributed by atoms with Gasteiger partial charge in [0.2, 0.25) is 0 Å². The van der Waals surface area contributed by atoms with Gasteiger partial charge in [0, 0.05) is 17.6 Å². The van der Waals surface area contributed by atoms with E-state index in [1.54, 1.807) is 16.2 Å². The van der Waals surface area contributed by atoms with Crippen LogP contribution in [0.15, 0.2) is 30.5 Å². The van der Waals surface area contributed by atoms with Crippen molar-refractivity contribution in [3.8, 4) is 5.75 Å². The van der Waals surface area contributed by atoms with E-state index in [1.165, 1.54) is 0 Å². The zero-order chi connectivity index (χ0) is 13.9. The van der Waals surface area contributed by atoms with E-state index in [1.807, 2.05) is 37.4 Å². The van der Waals surface area contributed by atoms with E-state index in [-0.39, 0.29) is 12.5 Å². The van der Waals surface area contributed by atoms with Gasteiger partial charge in [0.15, 0.2) is 11.7 Å². The van der Waals surface area contributed by atoms with Crippen LogP contribution in [0, 0.1) is 0 Å². The van der Waals surface area contributed by atoms with Gasteiger partial charge in [-0.25, -0.2) is 4.98 Å². The average molecular weight is 289 g/mol. The molecule has 1 aliphatic rings. The number of nitrogens with one attached hydrogen (secondary N) is 1. The molecule has 20 heavy (non-hydrogen) atoms. The van der Waals surface area contributed by atoms with Crippen LogP contribution < -0.4 is 15.0 Å². The summed E-state index contributed by atoms with van der Waals surface area (Å²) in [6.45, 7) is 3.49. The minimum absolute atomic E-state index is 0.0258. The monoisotopic (exact) mass is 289 g/mol. The maximum atomic E-state index is 12.1. The fraction of sp³-hybridized carbons (Fsp3) is 0.286. The molecule has 2 heterocycles. The maximum Gasteiger partial charge on any atom is 0.265 e. The minimum Gasteiger partial charge on any atom is -0.482 e. The third-order valence-corrected chi connectivity index (χ3v) is 3.94. The van der Waals surface area contributed by atoms with Crippen molar-refractivity contribution in [2.75, 3.05) is 23.4 Å². The molecule has 0 unspecified atom stereocenters. The van der Waals surface area contributed by atoms with Crippen molar-refractivity contribution >= 4 is 28.1 Å². The smallest absolute Gasteiger partial charge is 0.265 e. The first-order chi connectivity index (χ1) is 9.78. The van der Waals surface area contributed by atoms with Crippen LogP contribution >= 0.6 is 11.3 Å². The SMILES string of the molecule is CCNc1ncc(CN2C(=O)COc3ccccc32)s1. The highest BCUT2D eigenvalue weighted by molar-refractivity contribution is 7.15. The molecular weight excluding hydrogens is 274 g/mol. The van der Waals surface area contributed by atoms with Crippen molar-refractivity contribution in [2.45, 2.75) is 13.5 Å². The van der Waals surface area contributed by atoms with Gasteiger partial charge in [-0.2, -0.15) is 0 Å². The lowest BCUT2D eigenvalue weighted by atomic mass is 10.2. The van der Waals surface area contributed by atoms with Crippen LogP contribution in [0.2, 0.25) is 0 Å². The number of para-hydroxylation sites is 2. The molecule has 6 heteroatoms. The summed E-state index contributed by atoms with van der Waals surface area (Å²) in [5, 5.41) is 4.06. The number of anilines is 2. The first-order valence-corrected chi connectivity index (χ1v) is 7.30. The number of aromatic nitrogens is 1. The zero-order valence-corrected chi connectivity index (χ0v) is 11.9. The molecule has 0 saturated carbocycles. The third-order valence-electron chi connectivity index (χ3n) is 3.00. The number of thiazole rings is 1. The normalized spacial score (nSPS) is 13.8. The molecule has 1 amide bonds. The molecule has 0 radical (unpaired) electrons. The molecule has 1 aliphatic heterocycles. The Morgan fingerprint density at radius 3 is 3.15 bits per heavy atom. The summed E-state index contributed by atoms with van der Waals surface area (Å²) in [6.07, 6.45) is 1.81. The number of rotatable bonds is 4. The van der Waals surface area contributed by atoms with Crippen molar-refractivity contribution in [3.05, 3.63) is 35.3 Å². The van der Waals surface area contributed by atoms with Crippen LogP contribution in [0.4, 0.5) is 10.8 Å². The molecule has 0 saturated heterocycles. The van der Waals surface area contributed by atoms with Gasteiger partial charge in [-0.3, -0.25) is 4.79 Å². The minimum atomic E-state index is -0.0258. The molecule has 3 rings (SSSR count). The quantitative estimate of drug-likeness (QED) is 0.939. The molecule has 1 aromatic carbocycles. The number of nitrogens with zero attached hydrogens (tertiary/aromatic N) is 2. The highest BCUT2D eigenvalue weighted by Gasteiger charge is 2.25. The summed E-state index contributed by atoms with van der Waals surface area (Å²) in [7, 11) is 0. The summed E-state index contributed by atoms with van der Waals surface area (Å²) < 4.78 is 5.43. The Balaban J connectivity index is 1.83. The van der Waals surface area contributed by atoms with E-state index in [0.29, 0.717) is 6.54 Å². The van der Waals surface area contributed by atoms with Crippen molar-refractivity contribution in [1.29, 1.82) is 0 Å². The maximum absolute atomic E-state index is 12.1. The van der Waals surface area contributed by atoms with Gasteiger partial charge in [0.25, 0.3) is 5.91 Å². The number of hydrogen-bond acceptors (Lipinski definition) is 5. The Hall–Kier alpha value is -2.08.